The number of aliphatic hydroxyl groups is 1. The zero-order valence-electron chi connectivity index (χ0n) is 16.5. The molecule has 2 saturated heterocycles. The highest BCUT2D eigenvalue weighted by atomic mass is 16.5. The molecule has 2 aliphatic heterocycles. The van der Waals surface area contributed by atoms with E-state index in [-0.39, 0.29) is 12.6 Å². The van der Waals surface area contributed by atoms with Crippen LogP contribution in [-0.4, -0.2) is 72.9 Å². The maximum Gasteiger partial charge on any atom is 0.317 e. The van der Waals surface area contributed by atoms with Crippen LogP contribution in [0.3, 0.4) is 0 Å². The molecule has 0 aliphatic carbocycles. The summed E-state index contributed by atoms with van der Waals surface area (Å²) in [7, 11) is 0. The molecule has 7 heteroatoms. The van der Waals surface area contributed by atoms with Gasteiger partial charge in [-0.05, 0) is 48.9 Å². The Morgan fingerprint density at radius 1 is 1.29 bits per heavy atom. The number of urea groups is 1. The number of nitriles is 1. The predicted octanol–water partition coefficient (Wildman–Crippen LogP) is 1.67. The number of nitrogens with one attached hydrogen (secondary N) is 1. The van der Waals surface area contributed by atoms with Crippen molar-refractivity contribution in [2.75, 3.05) is 45.9 Å². The van der Waals surface area contributed by atoms with Gasteiger partial charge in [-0.2, -0.15) is 5.26 Å². The number of amides is 2. The van der Waals surface area contributed by atoms with Gasteiger partial charge in [0, 0.05) is 39.3 Å². The van der Waals surface area contributed by atoms with Crippen LogP contribution in [0.15, 0.2) is 24.3 Å². The summed E-state index contributed by atoms with van der Waals surface area (Å²) in [6, 6.07) is 9.03. The molecule has 2 aliphatic rings. The number of carbonyl (C=O) groups is 1. The van der Waals surface area contributed by atoms with Crippen LogP contribution in [0.4, 0.5) is 4.79 Å². The number of rotatable bonds is 7. The van der Waals surface area contributed by atoms with Crippen molar-refractivity contribution in [3.63, 3.8) is 0 Å². The molecule has 3 rings (SSSR count). The summed E-state index contributed by atoms with van der Waals surface area (Å²) in [5, 5.41) is 22.2. The molecule has 28 heavy (non-hydrogen) atoms. The summed E-state index contributed by atoms with van der Waals surface area (Å²) in [4.78, 5) is 16.5. The standard InChI is InChI=1S/C21H30N4O3/c1-2-7-23-21(27)25-12-17-8-18(13-25)11-24(10-17)14-19(26)15-28-20-5-3-16(9-22)4-6-20/h3-6,17-19,26H,2,7-8,10-15H2,1H3,(H,23,27)/t17?,18?,19-/m1/s1. The Balaban J connectivity index is 1.42. The molecule has 3 atom stereocenters. The van der Waals surface area contributed by atoms with Crippen molar-refractivity contribution in [1.82, 2.24) is 15.1 Å². The van der Waals surface area contributed by atoms with E-state index in [1.54, 1.807) is 24.3 Å². The van der Waals surface area contributed by atoms with Gasteiger partial charge in [-0.1, -0.05) is 6.92 Å². The first-order valence-electron chi connectivity index (χ1n) is 10.1. The first-order chi connectivity index (χ1) is 13.6. The second kappa shape index (κ2) is 9.76. The highest BCUT2D eigenvalue weighted by Crippen LogP contribution is 2.28. The number of ether oxygens (including phenoxy) is 1. The molecule has 7 nitrogen and oxygen atoms in total. The smallest absolute Gasteiger partial charge is 0.317 e. The van der Waals surface area contributed by atoms with E-state index in [1.165, 1.54) is 0 Å². The number of piperidine rings is 2. The molecule has 2 bridgehead atoms. The lowest BCUT2D eigenvalue weighted by Crippen LogP contribution is -2.57. The van der Waals surface area contributed by atoms with E-state index >= 15 is 0 Å². The van der Waals surface area contributed by atoms with Crippen molar-refractivity contribution in [1.29, 1.82) is 5.26 Å². The Labute approximate surface area is 166 Å². The first-order valence-corrected chi connectivity index (χ1v) is 10.1. The van der Waals surface area contributed by atoms with Crippen molar-refractivity contribution in [2.24, 2.45) is 11.8 Å². The van der Waals surface area contributed by atoms with Crippen molar-refractivity contribution in [3.05, 3.63) is 29.8 Å². The SMILES string of the molecule is CCCNC(=O)N1CC2CC(CN(C[C@@H](O)COc3ccc(C#N)cc3)C2)C1. The van der Waals surface area contributed by atoms with Crippen LogP contribution in [0.5, 0.6) is 5.75 Å². The molecule has 152 valence electrons. The number of fused-ring (bicyclic) bond motifs is 2. The largest absolute Gasteiger partial charge is 0.491 e. The number of aliphatic hydroxyl groups excluding tert-OH is 1. The molecule has 0 spiro atoms. The number of likely N-dealkylation sites (tertiary alicyclic amines) is 2. The molecular formula is C21H30N4O3. The first kappa shape index (κ1) is 20.4. The van der Waals surface area contributed by atoms with Crippen molar-refractivity contribution in [2.45, 2.75) is 25.9 Å². The van der Waals surface area contributed by atoms with E-state index in [9.17, 15) is 9.90 Å². The molecule has 1 aromatic rings. The molecular weight excluding hydrogens is 356 g/mol. The van der Waals surface area contributed by atoms with E-state index in [0.29, 0.717) is 29.7 Å². The number of benzene rings is 1. The Morgan fingerprint density at radius 2 is 1.96 bits per heavy atom. The number of carbonyl (C=O) groups excluding carboxylic acids is 1. The summed E-state index contributed by atoms with van der Waals surface area (Å²) >= 11 is 0. The van der Waals surface area contributed by atoms with Gasteiger partial charge in [0.1, 0.15) is 18.5 Å². The van der Waals surface area contributed by atoms with E-state index < -0.39 is 6.10 Å². The second-order valence-electron chi connectivity index (χ2n) is 7.92. The Kier molecular flexibility index (Phi) is 7.12. The van der Waals surface area contributed by atoms with Gasteiger partial charge in [-0.15, -0.1) is 0 Å². The third-order valence-electron chi connectivity index (χ3n) is 5.36. The van der Waals surface area contributed by atoms with Crippen molar-refractivity contribution >= 4 is 6.03 Å². The third-order valence-corrected chi connectivity index (χ3v) is 5.36. The average Bonchev–Trinajstić information content (AvgIpc) is 2.70. The molecule has 0 aromatic heterocycles. The van der Waals surface area contributed by atoms with Gasteiger partial charge < -0.3 is 20.1 Å². The summed E-state index contributed by atoms with van der Waals surface area (Å²) in [6.07, 6.45) is 1.53. The van der Waals surface area contributed by atoms with Crippen LogP contribution in [0, 0.1) is 23.2 Å². The summed E-state index contributed by atoms with van der Waals surface area (Å²) in [5.41, 5.74) is 0.588. The molecule has 2 fully saturated rings. The highest BCUT2D eigenvalue weighted by molar-refractivity contribution is 5.74. The predicted molar refractivity (Wildman–Crippen MR) is 106 cm³/mol. The van der Waals surface area contributed by atoms with Crippen LogP contribution >= 0.6 is 0 Å². The molecule has 0 radical (unpaired) electrons. The summed E-state index contributed by atoms with van der Waals surface area (Å²) < 4.78 is 5.64. The summed E-state index contributed by atoms with van der Waals surface area (Å²) in [6.45, 7) is 6.97. The minimum Gasteiger partial charge on any atom is -0.491 e. The molecule has 2 heterocycles. The van der Waals surface area contributed by atoms with E-state index in [0.717, 1.165) is 45.6 Å². The molecule has 1 aromatic carbocycles. The van der Waals surface area contributed by atoms with Crippen molar-refractivity contribution < 1.29 is 14.6 Å². The molecule has 2 amide bonds. The van der Waals surface area contributed by atoms with Gasteiger partial charge in [0.05, 0.1) is 11.6 Å². The second-order valence-corrected chi connectivity index (χ2v) is 7.92. The van der Waals surface area contributed by atoms with Gasteiger partial charge in [0.15, 0.2) is 0 Å². The molecule has 2 N–H and O–H groups in total. The number of hydrogen-bond donors (Lipinski definition) is 2. The lowest BCUT2D eigenvalue weighted by atomic mass is 9.84. The number of hydrogen-bond acceptors (Lipinski definition) is 5. The monoisotopic (exact) mass is 386 g/mol. The van der Waals surface area contributed by atoms with E-state index in [4.69, 9.17) is 10.00 Å². The highest BCUT2D eigenvalue weighted by Gasteiger charge is 2.36. The number of nitrogens with zero attached hydrogens (tertiary/aromatic N) is 3. The minimum atomic E-state index is -0.571. The molecule has 2 unspecified atom stereocenters. The van der Waals surface area contributed by atoms with Crippen molar-refractivity contribution in [3.8, 4) is 11.8 Å². The van der Waals surface area contributed by atoms with E-state index in [2.05, 4.69) is 23.2 Å². The third kappa shape index (κ3) is 5.60. The van der Waals surface area contributed by atoms with Crippen LogP contribution in [0.25, 0.3) is 0 Å². The fourth-order valence-electron chi connectivity index (χ4n) is 4.22. The van der Waals surface area contributed by atoms with Gasteiger partial charge in [-0.3, -0.25) is 4.90 Å². The van der Waals surface area contributed by atoms with Gasteiger partial charge in [0.2, 0.25) is 0 Å². The van der Waals surface area contributed by atoms with Gasteiger partial charge in [0.25, 0.3) is 0 Å². The average molecular weight is 386 g/mol. The van der Waals surface area contributed by atoms with E-state index in [1.807, 2.05) is 4.90 Å². The fraction of sp³-hybridized carbons (Fsp3) is 0.619. The molecule has 0 saturated carbocycles. The Morgan fingerprint density at radius 3 is 2.57 bits per heavy atom. The maximum atomic E-state index is 12.2. The maximum absolute atomic E-state index is 12.2. The Hall–Kier alpha value is -2.30. The lowest BCUT2D eigenvalue weighted by Gasteiger charge is -2.46. The van der Waals surface area contributed by atoms with Crippen LogP contribution < -0.4 is 10.1 Å². The van der Waals surface area contributed by atoms with Gasteiger partial charge in [-0.25, -0.2) is 4.79 Å². The van der Waals surface area contributed by atoms with Crippen LogP contribution in [-0.2, 0) is 0 Å². The quantitative estimate of drug-likeness (QED) is 0.744. The normalized spacial score (nSPS) is 23.0. The number of β-amino-alcohol motifs (C(OH)–C–C–N with tert-alkyl or cyclic N) is 1. The van der Waals surface area contributed by atoms with Gasteiger partial charge >= 0.3 is 6.03 Å². The Bertz CT molecular complexity index is 674. The zero-order valence-corrected chi connectivity index (χ0v) is 16.5. The van der Waals surface area contributed by atoms with Crippen LogP contribution in [0.2, 0.25) is 0 Å². The topological polar surface area (TPSA) is 88.8 Å². The fourth-order valence-corrected chi connectivity index (χ4v) is 4.22. The zero-order chi connectivity index (χ0) is 19.9. The van der Waals surface area contributed by atoms with Crippen LogP contribution in [0.1, 0.15) is 25.3 Å². The minimum absolute atomic E-state index is 0.0563. The summed E-state index contributed by atoms with van der Waals surface area (Å²) in [5.74, 6) is 1.58. The lowest BCUT2D eigenvalue weighted by molar-refractivity contribution is 0.00921.